The zero-order valence-electron chi connectivity index (χ0n) is 13.8. The lowest BCUT2D eigenvalue weighted by atomic mass is 10.1. The van der Waals surface area contributed by atoms with Crippen molar-refractivity contribution in [2.75, 3.05) is 10.6 Å². The molecule has 0 heterocycles. The average molecular weight is 399 g/mol. The fraction of sp³-hybridized carbons (Fsp3) is 0.167. The summed E-state index contributed by atoms with van der Waals surface area (Å²) in [5.41, 5.74) is 0.703. The number of nitrogens with one attached hydrogen (secondary N) is 2. The Bertz CT molecular complexity index is 834. The van der Waals surface area contributed by atoms with Crippen molar-refractivity contribution in [2.24, 2.45) is 0 Å². The number of rotatable bonds is 6. The highest BCUT2D eigenvalue weighted by molar-refractivity contribution is 6.30. The predicted octanol–water partition coefficient (Wildman–Crippen LogP) is 4.44. The van der Waals surface area contributed by atoms with Gasteiger partial charge in [-0.1, -0.05) is 11.6 Å². The molecule has 27 heavy (non-hydrogen) atoms. The van der Waals surface area contributed by atoms with Crippen LogP contribution in [-0.4, -0.2) is 23.8 Å². The van der Waals surface area contributed by atoms with E-state index in [1.165, 1.54) is 24.3 Å². The van der Waals surface area contributed by atoms with Crippen molar-refractivity contribution in [2.45, 2.75) is 19.0 Å². The summed E-state index contributed by atoms with van der Waals surface area (Å²) in [7, 11) is 0. The summed E-state index contributed by atoms with van der Waals surface area (Å²) in [4.78, 5) is 34.7. The molecule has 0 saturated carbocycles. The topological polar surface area (TPSA) is 75.3 Å². The van der Waals surface area contributed by atoms with Crippen LogP contribution in [0.5, 0.6) is 0 Å². The quantitative estimate of drug-likeness (QED) is 0.706. The highest BCUT2D eigenvalue weighted by atomic mass is 35.5. The molecule has 0 aliphatic heterocycles. The van der Waals surface area contributed by atoms with Gasteiger partial charge < -0.3 is 10.6 Å². The molecule has 0 aromatic heterocycles. The maximum absolute atomic E-state index is 12.2. The van der Waals surface area contributed by atoms with E-state index in [9.17, 15) is 27.6 Å². The molecule has 2 rings (SSSR count). The van der Waals surface area contributed by atoms with E-state index in [2.05, 4.69) is 5.32 Å². The largest absolute Gasteiger partial charge is 0.471 e. The third kappa shape index (κ3) is 6.41. The summed E-state index contributed by atoms with van der Waals surface area (Å²) in [5, 5.41) is 4.71. The molecule has 9 heteroatoms. The second-order valence-corrected chi connectivity index (χ2v) is 5.94. The number of hydrogen-bond acceptors (Lipinski definition) is 3. The van der Waals surface area contributed by atoms with E-state index in [0.29, 0.717) is 16.3 Å². The molecule has 0 aliphatic carbocycles. The first-order valence-corrected chi connectivity index (χ1v) is 8.10. The highest BCUT2D eigenvalue weighted by Gasteiger charge is 2.38. The summed E-state index contributed by atoms with van der Waals surface area (Å²) in [6, 6.07) is 11.4. The van der Waals surface area contributed by atoms with Gasteiger partial charge in [-0.25, -0.2) is 0 Å². The first kappa shape index (κ1) is 20.4. The van der Waals surface area contributed by atoms with Crippen molar-refractivity contribution in [1.82, 2.24) is 0 Å². The highest BCUT2D eigenvalue weighted by Crippen LogP contribution is 2.20. The number of Topliss-reactive ketones (excluding diaryl/α,β-unsaturated/α-hetero) is 1. The third-order valence-corrected chi connectivity index (χ3v) is 3.68. The van der Waals surface area contributed by atoms with E-state index < -0.39 is 18.0 Å². The van der Waals surface area contributed by atoms with Gasteiger partial charge in [-0.2, -0.15) is 13.2 Å². The smallest absolute Gasteiger partial charge is 0.326 e. The number of hydrogen-bond donors (Lipinski definition) is 2. The molecule has 0 fully saturated rings. The van der Waals surface area contributed by atoms with Crippen LogP contribution in [0.1, 0.15) is 23.2 Å². The third-order valence-electron chi connectivity index (χ3n) is 3.43. The molecule has 2 aromatic carbocycles. The molecule has 0 atom stereocenters. The number of benzene rings is 2. The number of carbonyl (C=O) groups excluding carboxylic acids is 3. The molecule has 2 amide bonds. The molecule has 142 valence electrons. The van der Waals surface area contributed by atoms with Crippen molar-refractivity contribution in [3.8, 4) is 0 Å². The molecule has 0 spiro atoms. The lowest BCUT2D eigenvalue weighted by Crippen LogP contribution is -2.29. The van der Waals surface area contributed by atoms with Gasteiger partial charge in [-0.3, -0.25) is 14.4 Å². The molecule has 0 radical (unpaired) electrons. The maximum atomic E-state index is 12.2. The summed E-state index contributed by atoms with van der Waals surface area (Å²) >= 11 is 5.74. The number of amides is 2. The Hall–Kier alpha value is -2.87. The van der Waals surface area contributed by atoms with Gasteiger partial charge in [-0.05, 0) is 48.5 Å². The van der Waals surface area contributed by atoms with E-state index in [-0.39, 0.29) is 24.3 Å². The maximum Gasteiger partial charge on any atom is 0.471 e. The second kappa shape index (κ2) is 8.68. The summed E-state index contributed by atoms with van der Waals surface area (Å²) in [5.74, 6) is -2.73. The number of ketones is 1. The van der Waals surface area contributed by atoms with E-state index in [1.54, 1.807) is 29.6 Å². The SMILES string of the molecule is O=C(CCC(=O)c1ccc(Cl)cc1)Nc1ccc(NC(=O)C(F)(F)F)cc1. The summed E-state index contributed by atoms with van der Waals surface area (Å²) in [6.45, 7) is 0. The van der Waals surface area contributed by atoms with Crippen LogP contribution in [-0.2, 0) is 9.59 Å². The second-order valence-electron chi connectivity index (χ2n) is 5.51. The van der Waals surface area contributed by atoms with Crippen molar-refractivity contribution < 1.29 is 27.6 Å². The molecular weight excluding hydrogens is 385 g/mol. The zero-order valence-corrected chi connectivity index (χ0v) is 14.5. The lowest BCUT2D eigenvalue weighted by molar-refractivity contribution is -0.167. The van der Waals surface area contributed by atoms with Crippen LogP contribution in [0.4, 0.5) is 24.5 Å². The average Bonchev–Trinajstić information content (AvgIpc) is 2.61. The first-order chi connectivity index (χ1) is 12.6. The minimum absolute atomic E-state index is 0.00676. The molecule has 5 nitrogen and oxygen atoms in total. The minimum Gasteiger partial charge on any atom is -0.326 e. The van der Waals surface area contributed by atoms with Crippen LogP contribution in [0.3, 0.4) is 0 Å². The van der Waals surface area contributed by atoms with Crippen LogP contribution >= 0.6 is 11.6 Å². The standard InChI is InChI=1S/C18H14ClF3N2O3/c19-12-3-1-11(2-4-12)15(25)9-10-16(26)23-13-5-7-14(8-6-13)24-17(27)18(20,21)22/h1-8H,9-10H2,(H,23,26)(H,24,27). The molecule has 2 N–H and O–H groups in total. The van der Waals surface area contributed by atoms with Gasteiger partial charge in [0.2, 0.25) is 5.91 Å². The number of carbonyl (C=O) groups is 3. The van der Waals surface area contributed by atoms with Gasteiger partial charge in [0.15, 0.2) is 5.78 Å². The molecular formula is C18H14ClF3N2O3. The molecule has 0 aliphatic rings. The normalized spacial score (nSPS) is 11.0. The Kier molecular flexibility index (Phi) is 6.57. The van der Waals surface area contributed by atoms with Gasteiger partial charge in [-0.15, -0.1) is 0 Å². The van der Waals surface area contributed by atoms with E-state index in [0.717, 1.165) is 0 Å². The fourth-order valence-corrected chi connectivity index (χ4v) is 2.20. The number of alkyl halides is 3. The van der Waals surface area contributed by atoms with Crippen molar-refractivity contribution in [1.29, 1.82) is 0 Å². The van der Waals surface area contributed by atoms with Crippen LogP contribution in [0.25, 0.3) is 0 Å². The Labute approximate surface area is 157 Å². The fourth-order valence-electron chi connectivity index (χ4n) is 2.07. The van der Waals surface area contributed by atoms with Crippen molar-refractivity contribution in [3.05, 3.63) is 59.1 Å². The predicted molar refractivity (Wildman–Crippen MR) is 94.8 cm³/mol. The van der Waals surface area contributed by atoms with Gasteiger partial charge >= 0.3 is 12.1 Å². The van der Waals surface area contributed by atoms with Crippen LogP contribution in [0, 0.1) is 0 Å². The van der Waals surface area contributed by atoms with Crippen LogP contribution in [0.2, 0.25) is 5.02 Å². The van der Waals surface area contributed by atoms with Gasteiger partial charge in [0.25, 0.3) is 0 Å². The Morgan fingerprint density at radius 2 is 1.33 bits per heavy atom. The van der Waals surface area contributed by atoms with Crippen LogP contribution < -0.4 is 10.6 Å². The molecule has 0 bridgehead atoms. The lowest BCUT2D eigenvalue weighted by Gasteiger charge is -2.09. The summed E-state index contributed by atoms with van der Waals surface area (Å²) < 4.78 is 36.5. The molecule has 0 unspecified atom stereocenters. The van der Waals surface area contributed by atoms with E-state index >= 15 is 0 Å². The van der Waals surface area contributed by atoms with Gasteiger partial charge in [0, 0.05) is 34.8 Å². The van der Waals surface area contributed by atoms with E-state index in [4.69, 9.17) is 11.6 Å². The Morgan fingerprint density at radius 3 is 1.85 bits per heavy atom. The Balaban J connectivity index is 1.84. The minimum atomic E-state index is -4.98. The van der Waals surface area contributed by atoms with Crippen molar-refractivity contribution in [3.63, 3.8) is 0 Å². The first-order valence-electron chi connectivity index (χ1n) is 7.72. The zero-order chi connectivity index (χ0) is 20.0. The van der Waals surface area contributed by atoms with E-state index in [1.807, 2.05) is 0 Å². The van der Waals surface area contributed by atoms with Crippen LogP contribution in [0.15, 0.2) is 48.5 Å². The summed E-state index contributed by atoms with van der Waals surface area (Å²) in [6.07, 6.45) is -5.05. The van der Waals surface area contributed by atoms with Gasteiger partial charge in [0.1, 0.15) is 0 Å². The molecule has 0 saturated heterocycles. The number of halogens is 4. The number of anilines is 2. The Morgan fingerprint density at radius 1 is 0.815 bits per heavy atom. The van der Waals surface area contributed by atoms with Crippen molar-refractivity contribution >= 4 is 40.6 Å². The van der Waals surface area contributed by atoms with Gasteiger partial charge in [0.05, 0.1) is 0 Å². The monoisotopic (exact) mass is 398 g/mol. The molecule has 2 aromatic rings.